The Balaban J connectivity index is 1.18. The first-order chi connectivity index (χ1) is 13.8. The van der Waals surface area contributed by atoms with Gasteiger partial charge in [-0.3, -0.25) is 9.69 Å². The van der Waals surface area contributed by atoms with E-state index in [9.17, 15) is 4.79 Å². The van der Waals surface area contributed by atoms with Crippen LogP contribution in [0.15, 0.2) is 54.7 Å². The quantitative estimate of drug-likeness (QED) is 0.794. The summed E-state index contributed by atoms with van der Waals surface area (Å²) < 4.78 is 0. The molecule has 0 spiro atoms. The summed E-state index contributed by atoms with van der Waals surface area (Å²) in [7, 11) is 0. The van der Waals surface area contributed by atoms with Crippen molar-refractivity contribution in [2.75, 3.05) is 68.7 Å². The average Bonchev–Trinajstić information content (AvgIpc) is 2.79. The molecule has 2 saturated heterocycles. The number of aromatic nitrogens is 1. The number of amides is 1. The minimum atomic E-state index is 0.292. The summed E-state index contributed by atoms with van der Waals surface area (Å²) in [5.74, 6) is 1.34. The van der Waals surface area contributed by atoms with E-state index in [2.05, 4.69) is 50.0 Å². The summed E-state index contributed by atoms with van der Waals surface area (Å²) in [5.41, 5.74) is 1.25. The summed E-state index contributed by atoms with van der Waals surface area (Å²) in [4.78, 5) is 26.2. The SMILES string of the molecule is O=C(CCN1CCN(c2ccccn2)CC1)N1CCN(c2ccccc2)CC1. The number of benzene rings is 1. The zero-order chi connectivity index (χ0) is 19.2. The zero-order valence-corrected chi connectivity index (χ0v) is 16.4. The second-order valence-corrected chi connectivity index (χ2v) is 7.47. The van der Waals surface area contributed by atoms with Gasteiger partial charge in [0.25, 0.3) is 0 Å². The maximum Gasteiger partial charge on any atom is 0.223 e. The van der Waals surface area contributed by atoms with Crippen LogP contribution in [-0.4, -0.2) is 79.6 Å². The lowest BCUT2D eigenvalue weighted by molar-refractivity contribution is -0.131. The number of anilines is 2. The molecule has 1 amide bonds. The van der Waals surface area contributed by atoms with Crippen LogP contribution in [0.3, 0.4) is 0 Å². The van der Waals surface area contributed by atoms with Gasteiger partial charge in [0.05, 0.1) is 0 Å². The lowest BCUT2D eigenvalue weighted by Crippen LogP contribution is -2.50. The monoisotopic (exact) mass is 379 g/mol. The first kappa shape index (κ1) is 18.7. The van der Waals surface area contributed by atoms with E-state index in [1.165, 1.54) is 5.69 Å². The molecule has 2 aromatic rings. The highest BCUT2D eigenvalue weighted by atomic mass is 16.2. The van der Waals surface area contributed by atoms with Crippen LogP contribution in [0.2, 0.25) is 0 Å². The second kappa shape index (κ2) is 9.06. The van der Waals surface area contributed by atoms with Gasteiger partial charge in [-0.2, -0.15) is 0 Å². The molecule has 1 aromatic heterocycles. The summed E-state index contributed by atoms with van der Waals surface area (Å²) in [6.45, 7) is 8.26. The molecule has 0 N–H and O–H groups in total. The van der Waals surface area contributed by atoms with Crippen molar-refractivity contribution in [2.45, 2.75) is 6.42 Å². The van der Waals surface area contributed by atoms with E-state index in [1.807, 2.05) is 29.3 Å². The van der Waals surface area contributed by atoms with Gasteiger partial charge in [-0.1, -0.05) is 24.3 Å². The molecule has 4 rings (SSSR count). The predicted molar refractivity (Wildman–Crippen MR) is 113 cm³/mol. The van der Waals surface area contributed by atoms with Gasteiger partial charge in [0.15, 0.2) is 0 Å². The Morgan fingerprint density at radius 2 is 1.46 bits per heavy atom. The van der Waals surface area contributed by atoms with Crippen molar-refractivity contribution in [3.8, 4) is 0 Å². The third-order valence-corrected chi connectivity index (χ3v) is 5.74. The van der Waals surface area contributed by atoms with Crippen molar-refractivity contribution in [1.29, 1.82) is 0 Å². The molecule has 0 saturated carbocycles. The van der Waals surface area contributed by atoms with Crippen LogP contribution in [0.1, 0.15) is 6.42 Å². The number of pyridine rings is 1. The van der Waals surface area contributed by atoms with Crippen LogP contribution >= 0.6 is 0 Å². The molecule has 0 radical (unpaired) electrons. The Morgan fingerprint density at radius 1 is 0.786 bits per heavy atom. The summed E-state index contributed by atoms with van der Waals surface area (Å²) in [6, 6.07) is 16.5. The van der Waals surface area contributed by atoms with Gasteiger partial charge in [-0.15, -0.1) is 0 Å². The number of hydrogen-bond donors (Lipinski definition) is 0. The number of nitrogens with zero attached hydrogens (tertiary/aromatic N) is 5. The lowest BCUT2D eigenvalue weighted by atomic mass is 10.2. The Kier molecular flexibility index (Phi) is 6.07. The third kappa shape index (κ3) is 4.62. The van der Waals surface area contributed by atoms with E-state index in [-0.39, 0.29) is 0 Å². The molecule has 0 atom stereocenters. The van der Waals surface area contributed by atoms with Crippen LogP contribution in [0, 0.1) is 0 Å². The fourth-order valence-corrected chi connectivity index (χ4v) is 4.01. The standard InChI is InChI=1S/C22H29N5O/c28-22(27-18-16-25(17-19-27)20-6-2-1-3-7-20)9-11-24-12-14-26(15-13-24)21-8-4-5-10-23-21/h1-8,10H,9,11-19H2. The maximum absolute atomic E-state index is 12.6. The summed E-state index contributed by atoms with van der Waals surface area (Å²) in [6.07, 6.45) is 2.47. The van der Waals surface area contributed by atoms with Gasteiger partial charge < -0.3 is 14.7 Å². The van der Waals surface area contributed by atoms with Crippen molar-refractivity contribution in [1.82, 2.24) is 14.8 Å². The van der Waals surface area contributed by atoms with E-state index in [0.29, 0.717) is 12.3 Å². The van der Waals surface area contributed by atoms with Crippen LogP contribution in [0.5, 0.6) is 0 Å². The summed E-state index contributed by atoms with van der Waals surface area (Å²) >= 11 is 0. The fourth-order valence-electron chi connectivity index (χ4n) is 4.01. The van der Waals surface area contributed by atoms with Crippen molar-refractivity contribution < 1.29 is 4.79 Å². The van der Waals surface area contributed by atoms with Crippen LogP contribution in [0.4, 0.5) is 11.5 Å². The van der Waals surface area contributed by atoms with E-state index in [1.54, 1.807) is 0 Å². The number of carbonyl (C=O) groups is 1. The molecule has 0 unspecified atom stereocenters. The Hall–Kier alpha value is -2.60. The molecular formula is C22H29N5O. The normalized spacial score (nSPS) is 18.4. The molecule has 2 fully saturated rings. The molecule has 1 aromatic carbocycles. The van der Waals surface area contributed by atoms with Gasteiger partial charge in [0.1, 0.15) is 5.82 Å². The molecule has 6 nitrogen and oxygen atoms in total. The molecule has 148 valence electrons. The first-order valence-electron chi connectivity index (χ1n) is 10.3. The largest absolute Gasteiger partial charge is 0.368 e. The zero-order valence-electron chi connectivity index (χ0n) is 16.4. The number of hydrogen-bond acceptors (Lipinski definition) is 5. The molecule has 0 bridgehead atoms. The first-order valence-corrected chi connectivity index (χ1v) is 10.3. The predicted octanol–water partition coefficient (Wildman–Crippen LogP) is 1.94. The molecule has 0 aliphatic carbocycles. The number of rotatable bonds is 5. The Labute approximate surface area is 167 Å². The van der Waals surface area contributed by atoms with Gasteiger partial charge in [0.2, 0.25) is 5.91 Å². The topological polar surface area (TPSA) is 42.9 Å². The van der Waals surface area contributed by atoms with Gasteiger partial charge >= 0.3 is 0 Å². The molecular weight excluding hydrogens is 350 g/mol. The highest BCUT2D eigenvalue weighted by Gasteiger charge is 2.23. The summed E-state index contributed by atoms with van der Waals surface area (Å²) in [5, 5.41) is 0. The van der Waals surface area contributed by atoms with Crippen molar-refractivity contribution >= 4 is 17.4 Å². The van der Waals surface area contributed by atoms with Crippen LogP contribution < -0.4 is 9.80 Å². The van der Waals surface area contributed by atoms with Crippen molar-refractivity contribution in [2.24, 2.45) is 0 Å². The van der Waals surface area contributed by atoms with Crippen LogP contribution in [0.25, 0.3) is 0 Å². The highest BCUT2D eigenvalue weighted by molar-refractivity contribution is 5.76. The average molecular weight is 380 g/mol. The highest BCUT2D eigenvalue weighted by Crippen LogP contribution is 2.16. The lowest BCUT2D eigenvalue weighted by Gasteiger charge is -2.37. The molecule has 2 aliphatic heterocycles. The molecule has 3 heterocycles. The van der Waals surface area contributed by atoms with Crippen molar-refractivity contribution in [3.05, 3.63) is 54.7 Å². The Bertz CT molecular complexity index is 738. The van der Waals surface area contributed by atoms with Crippen molar-refractivity contribution in [3.63, 3.8) is 0 Å². The van der Waals surface area contributed by atoms with E-state index >= 15 is 0 Å². The third-order valence-electron chi connectivity index (χ3n) is 5.74. The van der Waals surface area contributed by atoms with Gasteiger partial charge in [-0.25, -0.2) is 4.98 Å². The smallest absolute Gasteiger partial charge is 0.223 e. The van der Waals surface area contributed by atoms with E-state index in [0.717, 1.165) is 64.7 Å². The molecule has 2 aliphatic rings. The van der Waals surface area contributed by atoms with E-state index in [4.69, 9.17) is 0 Å². The molecule has 6 heteroatoms. The second-order valence-electron chi connectivity index (χ2n) is 7.47. The Morgan fingerprint density at radius 3 is 2.14 bits per heavy atom. The van der Waals surface area contributed by atoms with E-state index < -0.39 is 0 Å². The number of piperazine rings is 2. The number of carbonyl (C=O) groups excluding carboxylic acids is 1. The minimum Gasteiger partial charge on any atom is -0.368 e. The minimum absolute atomic E-state index is 0.292. The fraction of sp³-hybridized carbons (Fsp3) is 0.455. The van der Waals surface area contributed by atoms with Gasteiger partial charge in [-0.05, 0) is 24.3 Å². The van der Waals surface area contributed by atoms with Crippen LogP contribution in [-0.2, 0) is 4.79 Å². The number of para-hydroxylation sites is 1. The van der Waals surface area contributed by atoms with Gasteiger partial charge in [0, 0.05) is 77.2 Å². The molecule has 28 heavy (non-hydrogen) atoms. The maximum atomic E-state index is 12.6.